The smallest absolute Gasteiger partial charge is 0.241 e. The minimum Gasteiger partial charge on any atom is -0.481 e. The summed E-state index contributed by atoms with van der Waals surface area (Å²) in [6.45, 7) is 5.96. The highest BCUT2D eigenvalue weighted by Crippen LogP contribution is 2.21. The van der Waals surface area contributed by atoms with Crippen LogP contribution in [0, 0.1) is 5.92 Å². The average Bonchev–Trinajstić information content (AvgIpc) is 2.65. The van der Waals surface area contributed by atoms with Gasteiger partial charge in [-0.3, -0.25) is 4.72 Å². The molecule has 0 aromatic carbocycles. The summed E-state index contributed by atoms with van der Waals surface area (Å²) in [5, 5.41) is 12.7. The number of hydrogen-bond donors (Lipinski definition) is 3. The first-order chi connectivity index (χ1) is 14.1. The summed E-state index contributed by atoms with van der Waals surface area (Å²) in [5.74, 6) is 1.34. The fourth-order valence-corrected chi connectivity index (χ4v) is 3.34. The molecular weight excluding hydrogens is 408 g/mol. The Kier molecular flexibility index (Phi) is 8.30. The largest absolute Gasteiger partial charge is 0.481 e. The number of hydrogen-bond acceptors (Lipinski definition) is 9. The van der Waals surface area contributed by atoms with Crippen molar-refractivity contribution in [2.45, 2.75) is 45.6 Å². The molecule has 0 spiro atoms. The van der Waals surface area contributed by atoms with Crippen LogP contribution < -0.4 is 14.8 Å². The highest BCUT2D eigenvalue weighted by Gasteiger charge is 2.17. The van der Waals surface area contributed by atoms with Crippen LogP contribution in [0.25, 0.3) is 0 Å². The Bertz CT molecular complexity index is 938. The van der Waals surface area contributed by atoms with Crippen molar-refractivity contribution < 1.29 is 18.3 Å². The van der Waals surface area contributed by atoms with E-state index in [1.807, 2.05) is 32.9 Å². The molecule has 3 N–H and O–H groups in total. The summed E-state index contributed by atoms with van der Waals surface area (Å²) in [5.41, 5.74) is 0.801. The molecule has 0 saturated heterocycles. The third-order valence-electron chi connectivity index (χ3n) is 4.22. The van der Waals surface area contributed by atoms with E-state index in [4.69, 9.17) is 4.74 Å². The van der Waals surface area contributed by atoms with Gasteiger partial charge in [-0.1, -0.05) is 26.8 Å². The Morgan fingerprint density at radius 1 is 1.10 bits per heavy atom. The van der Waals surface area contributed by atoms with Gasteiger partial charge in [-0.2, -0.15) is 15.0 Å². The first-order valence-corrected chi connectivity index (χ1v) is 11.6. The number of methoxy groups -OCH3 is 1. The molecule has 30 heavy (non-hydrogen) atoms. The van der Waals surface area contributed by atoms with E-state index in [0.29, 0.717) is 30.5 Å². The van der Waals surface area contributed by atoms with Crippen molar-refractivity contribution in [2.75, 3.05) is 30.0 Å². The van der Waals surface area contributed by atoms with Gasteiger partial charge in [0.25, 0.3) is 0 Å². The van der Waals surface area contributed by atoms with E-state index in [-0.39, 0.29) is 30.5 Å². The highest BCUT2D eigenvalue weighted by atomic mass is 32.2. The maximum absolute atomic E-state index is 11.7. The van der Waals surface area contributed by atoms with Gasteiger partial charge in [-0.05, 0) is 18.4 Å². The molecule has 2 atom stereocenters. The SMILES string of the molecule is COc1cccc(C(C)Cc2nc(N[C@@H](CO)CC(C)C)nc(NS(C)(=O)=O)n2)n1. The highest BCUT2D eigenvalue weighted by molar-refractivity contribution is 7.91. The molecule has 0 aliphatic rings. The second-order valence-electron chi connectivity index (χ2n) is 7.64. The standard InChI is InChI=1S/C19H30N6O4S/c1-12(2)9-14(11-26)20-18-22-16(23-19(24-18)25-30(5,27)28)10-13(3)15-7-6-8-17(21-15)29-4/h6-8,12-14,26H,9-11H2,1-5H3,(H2,20,22,23,24,25)/t13?,14-/m1/s1. The number of anilines is 2. The van der Waals surface area contributed by atoms with E-state index in [1.54, 1.807) is 13.2 Å². The van der Waals surface area contributed by atoms with Crippen LogP contribution in [0.4, 0.5) is 11.9 Å². The number of nitrogens with zero attached hydrogens (tertiary/aromatic N) is 4. The van der Waals surface area contributed by atoms with Gasteiger partial charge >= 0.3 is 0 Å². The maximum Gasteiger partial charge on any atom is 0.241 e. The number of sulfonamides is 1. The second-order valence-corrected chi connectivity index (χ2v) is 9.38. The predicted octanol–water partition coefficient (Wildman–Crippen LogP) is 1.81. The first kappa shape index (κ1) is 23.7. The predicted molar refractivity (Wildman–Crippen MR) is 115 cm³/mol. The minimum atomic E-state index is -3.56. The molecule has 10 nitrogen and oxygen atoms in total. The Hall–Kier alpha value is -2.53. The van der Waals surface area contributed by atoms with E-state index in [0.717, 1.165) is 11.9 Å². The molecule has 2 heterocycles. The topological polar surface area (TPSA) is 139 Å². The Balaban J connectivity index is 2.30. The van der Waals surface area contributed by atoms with E-state index in [1.165, 1.54) is 0 Å². The van der Waals surface area contributed by atoms with E-state index >= 15 is 0 Å². The van der Waals surface area contributed by atoms with Crippen LogP contribution in [-0.4, -0.2) is 59.5 Å². The van der Waals surface area contributed by atoms with E-state index < -0.39 is 10.0 Å². The van der Waals surface area contributed by atoms with Crippen molar-refractivity contribution in [1.82, 2.24) is 19.9 Å². The molecule has 166 valence electrons. The summed E-state index contributed by atoms with van der Waals surface area (Å²) in [6, 6.07) is 5.24. The lowest BCUT2D eigenvalue weighted by Crippen LogP contribution is -2.27. The monoisotopic (exact) mass is 438 g/mol. The van der Waals surface area contributed by atoms with Gasteiger partial charge in [-0.25, -0.2) is 13.4 Å². The minimum absolute atomic E-state index is 0.0502. The molecule has 0 radical (unpaired) electrons. The second kappa shape index (κ2) is 10.5. The van der Waals surface area contributed by atoms with Crippen LogP contribution >= 0.6 is 0 Å². The molecular formula is C19H30N6O4S. The lowest BCUT2D eigenvalue weighted by molar-refractivity contribution is 0.259. The number of nitrogens with one attached hydrogen (secondary N) is 2. The number of rotatable bonds is 11. The van der Waals surface area contributed by atoms with Gasteiger partial charge in [0.2, 0.25) is 27.8 Å². The van der Waals surface area contributed by atoms with Crippen molar-refractivity contribution in [1.29, 1.82) is 0 Å². The Labute approximate surface area is 177 Å². The zero-order valence-electron chi connectivity index (χ0n) is 18.0. The van der Waals surface area contributed by atoms with Crippen molar-refractivity contribution in [3.8, 4) is 5.88 Å². The molecule has 2 aromatic rings. The molecule has 11 heteroatoms. The molecule has 2 aromatic heterocycles. The Morgan fingerprint density at radius 3 is 2.40 bits per heavy atom. The van der Waals surface area contributed by atoms with E-state index in [2.05, 4.69) is 30.0 Å². The fraction of sp³-hybridized carbons (Fsp3) is 0.579. The fourth-order valence-electron chi connectivity index (χ4n) is 2.92. The van der Waals surface area contributed by atoms with Crippen molar-refractivity contribution >= 4 is 21.9 Å². The summed E-state index contributed by atoms with van der Waals surface area (Å²) in [6.07, 6.45) is 2.14. The molecule has 1 unspecified atom stereocenters. The number of aliphatic hydroxyl groups is 1. The normalized spacial score (nSPS) is 13.7. The molecule has 0 amide bonds. The van der Waals surface area contributed by atoms with Gasteiger partial charge in [-0.15, -0.1) is 0 Å². The van der Waals surface area contributed by atoms with Gasteiger partial charge in [0, 0.05) is 24.1 Å². The number of pyridine rings is 1. The summed E-state index contributed by atoms with van der Waals surface area (Å²) >= 11 is 0. The van der Waals surface area contributed by atoms with Crippen molar-refractivity contribution in [3.63, 3.8) is 0 Å². The van der Waals surface area contributed by atoms with Gasteiger partial charge in [0.1, 0.15) is 5.82 Å². The van der Waals surface area contributed by atoms with Crippen LogP contribution in [0.5, 0.6) is 5.88 Å². The van der Waals surface area contributed by atoms with Crippen LogP contribution in [-0.2, 0) is 16.4 Å². The molecule has 0 aliphatic heterocycles. The van der Waals surface area contributed by atoms with Gasteiger partial charge < -0.3 is 15.2 Å². The Morgan fingerprint density at radius 2 is 1.80 bits per heavy atom. The van der Waals surface area contributed by atoms with Crippen molar-refractivity contribution in [3.05, 3.63) is 29.7 Å². The van der Waals surface area contributed by atoms with Crippen molar-refractivity contribution in [2.24, 2.45) is 5.92 Å². The lowest BCUT2D eigenvalue weighted by Gasteiger charge is -2.19. The van der Waals surface area contributed by atoms with Crippen LogP contribution in [0.1, 0.15) is 44.6 Å². The molecule has 0 bridgehead atoms. The third-order valence-corrected chi connectivity index (χ3v) is 4.77. The molecule has 0 aliphatic carbocycles. The average molecular weight is 439 g/mol. The summed E-state index contributed by atoms with van der Waals surface area (Å²) in [7, 11) is -2.01. The van der Waals surface area contributed by atoms with Gasteiger partial charge in [0.15, 0.2) is 0 Å². The molecule has 2 rings (SSSR count). The van der Waals surface area contributed by atoms with Crippen LogP contribution in [0.15, 0.2) is 18.2 Å². The molecule has 0 saturated carbocycles. The molecule has 0 fully saturated rings. The third kappa shape index (κ3) is 7.71. The quantitative estimate of drug-likeness (QED) is 0.479. The zero-order valence-corrected chi connectivity index (χ0v) is 18.8. The maximum atomic E-state index is 11.7. The number of aliphatic hydroxyl groups excluding tert-OH is 1. The summed E-state index contributed by atoms with van der Waals surface area (Å²) < 4.78 is 30.8. The van der Waals surface area contributed by atoms with Gasteiger partial charge in [0.05, 0.1) is 26.0 Å². The first-order valence-electron chi connectivity index (χ1n) is 9.70. The number of aromatic nitrogens is 4. The van der Waals surface area contributed by atoms with E-state index in [9.17, 15) is 13.5 Å². The number of ether oxygens (including phenoxy) is 1. The summed E-state index contributed by atoms with van der Waals surface area (Å²) in [4.78, 5) is 17.3. The van der Waals surface area contributed by atoms with Crippen LogP contribution in [0.3, 0.4) is 0 Å². The zero-order chi connectivity index (χ0) is 22.3. The van der Waals surface area contributed by atoms with Crippen LogP contribution in [0.2, 0.25) is 0 Å². The lowest BCUT2D eigenvalue weighted by atomic mass is 10.0.